The molecule has 51 heavy (non-hydrogen) atoms. The zero-order valence-corrected chi connectivity index (χ0v) is 31.4. The largest absolute Gasteiger partial charge is 0.490 e. The van der Waals surface area contributed by atoms with Gasteiger partial charge >= 0.3 is 0 Å². The van der Waals surface area contributed by atoms with Crippen LogP contribution in [-0.2, 0) is 39.6 Å². The quantitative estimate of drug-likeness (QED) is 0.296. The number of aryl methyl sites for hydroxylation is 2. The molecule has 1 spiro atoms. The molecule has 4 aliphatic rings. The Morgan fingerprint density at radius 3 is 2.73 bits per heavy atom. The highest BCUT2D eigenvalue weighted by Gasteiger charge is 2.50. The molecular weight excluding hydrogens is 690 g/mol. The summed E-state index contributed by atoms with van der Waals surface area (Å²) in [6, 6.07) is 11.4. The van der Waals surface area contributed by atoms with Gasteiger partial charge in [0, 0.05) is 36.2 Å². The highest BCUT2D eigenvalue weighted by molar-refractivity contribution is 7.90. The molecule has 0 unspecified atom stereocenters. The summed E-state index contributed by atoms with van der Waals surface area (Å²) < 4.78 is 48.6. The van der Waals surface area contributed by atoms with E-state index in [-0.39, 0.29) is 35.3 Å². The van der Waals surface area contributed by atoms with Crippen molar-refractivity contribution in [3.05, 3.63) is 87.6 Å². The van der Waals surface area contributed by atoms with Crippen LogP contribution in [0.3, 0.4) is 0 Å². The normalized spacial score (nSPS) is 31.0. The zero-order valence-electron chi connectivity index (χ0n) is 29.8. The maximum absolute atomic E-state index is 13.6. The summed E-state index contributed by atoms with van der Waals surface area (Å²) >= 11 is 6.47. The van der Waals surface area contributed by atoms with Crippen LogP contribution in [0.25, 0.3) is 0 Å². The summed E-state index contributed by atoms with van der Waals surface area (Å²) in [7, 11) is -2.29. The van der Waals surface area contributed by atoms with E-state index in [1.54, 1.807) is 39.2 Å². The lowest BCUT2D eigenvalue weighted by atomic mass is 9.63. The van der Waals surface area contributed by atoms with Crippen LogP contribution in [0.1, 0.15) is 84.8 Å². The Morgan fingerprint density at radius 1 is 1.18 bits per heavy atom. The number of benzene rings is 2. The molecule has 1 fully saturated rings. The van der Waals surface area contributed by atoms with E-state index < -0.39 is 26.8 Å². The number of halogens is 1. The molecule has 10 nitrogen and oxygen atoms in total. The van der Waals surface area contributed by atoms with E-state index in [0.717, 1.165) is 42.8 Å². The number of hydrogen-bond donors (Lipinski definition) is 2. The summed E-state index contributed by atoms with van der Waals surface area (Å²) in [6.07, 6.45) is 9.68. The number of rotatable bonds is 4. The number of oxazole rings is 1. The fraction of sp³-hybridized carbons (Fsp3) is 0.538. The van der Waals surface area contributed by atoms with Crippen molar-refractivity contribution in [1.29, 1.82) is 0 Å². The third-order valence-corrected chi connectivity index (χ3v) is 14.3. The number of allylic oxidation sites excluding steroid dienone is 1. The van der Waals surface area contributed by atoms with E-state index in [1.165, 1.54) is 11.1 Å². The average Bonchev–Trinajstić information content (AvgIpc) is 3.37. The number of sulfonamides is 1. The number of anilines is 1. The van der Waals surface area contributed by atoms with Crippen LogP contribution < -0.4 is 14.4 Å². The maximum atomic E-state index is 13.6. The second-order valence-electron chi connectivity index (χ2n) is 15.1. The number of nitrogens with zero attached hydrogens (tertiary/aromatic N) is 2. The molecule has 2 N–H and O–H groups in total. The molecule has 6 atom stereocenters. The van der Waals surface area contributed by atoms with E-state index in [2.05, 4.69) is 32.8 Å². The number of hydrogen-bond acceptors (Lipinski definition) is 9. The minimum absolute atomic E-state index is 0.0837. The third-order valence-electron chi connectivity index (χ3n) is 12.1. The van der Waals surface area contributed by atoms with Crippen molar-refractivity contribution >= 4 is 33.2 Å². The monoisotopic (exact) mass is 737 g/mol. The van der Waals surface area contributed by atoms with Crippen molar-refractivity contribution in [2.45, 2.75) is 88.6 Å². The molecule has 0 radical (unpaired) electrons. The molecule has 274 valence electrons. The van der Waals surface area contributed by atoms with Gasteiger partial charge in [0.25, 0.3) is 5.91 Å². The summed E-state index contributed by atoms with van der Waals surface area (Å²) in [5, 5.41) is 9.74. The first-order chi connectivity index (χ1) is 24.4. The minimum Gasteiger partial charge on any atom is -0.490 e. The van der Waals surface area contributed by atoms with E-state index in [9.17, 15) is 18.3 Å². The van der Waals surface area contributed by atoms with Crippen LogP contribution in [0.2, 0.25) is 5.02 Å². The number of carbonyl (C=O) groups is 1. The molecule has 1 saturated carbocycles. The highest BCUT2D eigenvalue weighted by Crippen LogP contribution is 2.50. The zero-order chi connectivity index (χ0) is 36.1. The molecular formula is C39H48ClN3O7S. The maximum Gasteiger partial charge on any atom is 0.264 e. The average molecular weight is 738 g/mol. The third kappa shape index (κ3) is 6.71. The van der Waals surface area contributed by atoms with Crippen LogP contribution in [0, 0.1) is 24.7 Å². The summed E-state index contributed by atoms with van der Waals surface area (Å²) in [4.78, 5) is 20.6. The van der Waals surface area contributed by atoms with Gasteiger partial charge in [0.1, 0.15) is 17.2 Å². The molecule has 7 rings (SSSR count). The Bertz CT molecular complexity index is 1950. The summed E-state index contributed by atoms with van der Waals surface area (Å²) in [6.45, 7) is 6.89. The van der Waals surface area contributed by atoms with Crippen LogP contribution in [0.15, 0.2) is 53.0 Å². The number of aromatic nitrogens is 1. The smallest absolute Gasteiger partial charge is 0.264 e. The van der Waals surface area contributed by atoms with Gasteiger partial charge in [-0.3, -0.25) is 4.79 Å². The molecule has 2 aromatic carbocycles. The molecule has 2 aliphatic heterocycles. The number of methoxy groups -OCH3 is 1. The lowest BCUT2D eigenvalue weighted by Crippen LogP contribution is -2.54. The number of amides is 1. The predicted molar refractivity (Wildman–Crippen MR) is 196 cm³/mol. The molecule has 12 heteroatoms. The van der Waals surface area contributed by atoms with Crippen LogP contribution in [-0.4, -0.2) is 62.1 Å². The fourth-order valence-electron chi connectivity index (χ4n) is 8.78. The first-order valence-corrected chi connectivity index (χ1v) is 19.9. The Kier molecular flexibility index (Phi) is 9.79. The Labute approximate surface area is 305 Å². The van der Waals surface area contributed by atoms with Gasteiger partial charge in [0.2, 0.25) is 10.0 Å². The van der Waals surface area contributed by atoms with Crippen molar-refractivity contribution in [3.8, 4) is 5.75 Å². The van der Waals surface area contributed by atoms with E-state index >= 15 is 0 Å². The summed E-state index contributed by atoms with van der Waals surface area (Å²) in [5.74, 6) is 1.07. The Morgan fingerprint density at radius 2 is 2.00 bits per heavy atom. The second kappa shape index (κ2) is 13.9. The van der Waals surface area contributed by atoms with Crippen LogP contribution >= 0.6 is 11.6 Å². The van der Waals surface area contributed by atoms with Gasteiger partial charge in [-0.05, 0) is 112 Å². The van der Waals surface area contributed by atoms with Gasteiger partial charge in [0.05, 0.1) is 36.2 Å². The predicted octanol–water partition coefficient (Wildman–Crippen LogP) is 6.30. The Hall–Kier alpha value is -3.38. The van der Waals surface area contributed by atoms with Gasteiger partial charge in [-0.25, -0.2) is 18.1 Å². The van der Waals surface area contributed by atoms with Gasteiger partial charge in [0.15, 0.2) is 5.89 Å². The summed E-state index contributed by atoms with van der Waals surface area (Å²) in [5.41, 5.74) is 2.90. The topological polar surface area (TPSA) is 131 Å². The molecule has 2 bridgehead atoms. The molecule has 3 heterocycles. The molecule has 1 amide bonds. The Balaban J connectivity index is 1.34. The van der Waals surface area contributed by atoms with Gasteiger partial charge in [-0.15, -0.1) is 0 Å². The van der Waals surface area contributed by atoms with Crippen molar-refractivity contribution in [3.63, 3.8) is 0 Å². The van der Waals surface area contributed by atoms with Crippen molar-refractivity contribution in [2.24, 2.45) is 17.8 Å². The van der Waals surface area contributed by atoms with Gasteiger partial charge in [-0.2, -0.15) is 0 Å². The first-order valence-electron chi connectivity index (χ1n) is 18.0. The molecule has 1 aromatic heterocycles. The molecule has 2 aliphatic carbocycles. The van der Waals surface area contributed by atoms with Gasteiger partial charge in [-0.1, -0.05) is 36.7 Å². The standard InChI is InChI=1S/C39H48ClN3O7S/c1-24-7-5-16-39(48-4,19-36-41-33(21-44)25(2)50-36)32-12-9-29(32)20-43-22-38(15-6-8-27-17-30(40)11-13-31(27)38)23-49-35-14-10-28(18-34(35)43)37(45)42-51(46,47)26(24)3/h5,10-11,13-14,16-18,24,26,29,32,44H,6-9,12,15,19-23H2,1-4H3,(H,42,45)/b16-5-/t24-,26+,29-,32+,38-,39+/m0/s1. The molecule has 3 aromatic rings. The number of fused-ring (bicyclic) bond motifs is 4. The number of nitrogens with one attached hydrogen (secondary N) is 1. The van der Waals surface area contributed by atoms with E-state index in [0.29, 0.717) is 55.6 Å². The van der Waals surface area contributed by atoms with Crippen LogP contribution in [0.5, 0.6) is 5.75 Å². The van der Waals surface area contributed by atoms with Crippen LogP contribution in [0.4, 0.5) is 5.69 Å². The first kappa shape index (κ1) is 36.0. The van der Waals surface area contributed by atoms with E-state index in [4.69, 9.17) is 25.5 Å². The SMILES string of the molecule is CO[C@@]1(Cc2nc(CO)c(C)o2)/C=C\C[C@H](C)[C@@H](C)S(=O)(=O)NC(=O)c2ccc3c(c2)N(C[C@@H]2CC[C@H]21)C[C@@]1(CCCc2cc(Cl)ccc21)CO3. The molecule has 0 saturated heterocycles. The fourth-order valence-corrected chi connectivity index (χ4v) is 10.3. The van der Waals surface area contributed by atoms with Crippen molar-refractivity contribution in [2.75, 3.05) is 31.7 Å². The number of carbonyl (C=O) groups excluding carboxylic acids is 1. The van der Waals surface area contributed by atoms with Crippen molar-refractivity contribution in [1.82, 2.24) is 9.71 Å². The second-order valence-corrected chi connectivity index (χ2v) is 17.6. The lowest BCUT2D eigenvalue weighted by Gasteiger charge is -2.50. The lowest BCUT2D eigenvalue weighted by molar-refractivity contribution is -0.0777. The van der Waals surface area contributed by atoms with Crippen molar-refractivity contribution < 1.29 is 32.2 Å². The van der Waals surface area contributed by atoms with Gasteiger partial charge < -0.3 is 23.9 Å². The number of ether oxygens (including phenoxy) is 2. The highest BCUT2D eigenvalue weighted by atomic mass is 35.5. The van der Waals surface area contributed by atoms with E-state index in [1.807, 2.05) is 19.1 Å². The minimum atomic E-state index is -4.00. The number of aliphatic hydroxyl groups is 1. The number of aliphatic hydroxyl groups excluding tert-OH is 1.